The Labute approximate surface area is 226 Å². The fourth-order valence-electron chi connectivity index (χ4n) is 4.04. The van der Waals surface area contributed by atoms with Crippen LogP contribution < -0.4 is 14.4 Å². The van der Waals surface area contributed by atoms with E-state index in [-0.39, 0.29) is 17.7 Å². The first kappa shape index (κ1) is 28.8. The first-order valence-electron chi connectivity index (χ1n) is 12.8. The Bertz CT molecular complexity index is 1170. The largest absolute Gasteiger partial charge is 0.497 e. The average Bonchev–Trinajstić information content (AvgIpc) is 2.87. The number of ether oxygens (including phenoxy) is 3. The van der Waals surface area contributed by atoms with Gasteiger partial charge in [0.1, 0.15) is 23.0 Å². The van der Waals surface area contributed by atoms with Crippen molar-refractivity contribution >= 4 is 23.3 Å². The molecule has 0 saturated carbocycles. The van der Waals surface area contributed by atoms with Crippen LogP contribution in [0.1, 0.15) is 52.7 Å². The summed E-state index contributed by atoms with van der Waals surface area (Å²) >= 11 is 0. The van der Waals surface area contributed by atoms with Crippen LogP contribution in [0.15, 0.2) is 72.8 Å². The molecular weight excluding hydrogens is 478 g/mol. The Balaban J connectivity index is 2.06. The minimum absolute atomic E-state index is 0.00154. The van der Waals surface area contributed by atoms with E-state index in [4.69, 9.17) is 14.2 Å². The van der Waals surface area contributed by atoms with Crippen molar-refractivity contribution in [3.63, 3.8) is 0 Å². The molecular formula is C32H39NO5. The fourth-order valence-corrected chi connectivity index (χ4v) is 4.04. The van der Waals surface area contributed by atoms with Gasteiger partial charge in [0.25, 0.3) is 0 Å². The van der Waals surface area contributed by atoms with Gasteiger partial charge in [-0.1, -0.05) is 45.0 Å². The normalized spacial score (nSPS) is 12.4. The molecule has 0 spiro atoms. The Hall–Kier alpha value is -3.80. The first-order chi connectivity index (χ1) is 17.8. The zero-order valence-corrected chi connectivity index (χ0v) is 23.7. The summed E-state index contributed by atoms with van der Waals surface area (Å²) < 4.78 is 16.3. The Morgan fingerprint density at radius 3 is 1.53 bits per heavy atom. The van der Waals surface area contributed by atoms with Gasteiger partial charge in [0, 0.05) is 11.4 Å². The zero-order chi connectivity index (χ0) is 28.1. The van der Waals surface area contributed by atoms with Crippen molar-refractivity contribution in [2.45, 2.75) is 59.0 Å². The van der Waals surface area contributed by atoms with Crippen molar-refractivity contribution in [1.29, 1.82) is 0 Å². The molecule has 0 radical (unpaired) electrons. The summed E-state index contributed by atoms with van der Waals surface area (Å²) in [7, 11) is 3.18. The van der Waals surface area contributed by atoms with Gasteiger partial charge >= 0.3 is 5.97 Å². The van der Waals surface area contributed by atoms with E-state index in [0.717, 1.165) is 5.56 Å². The summed E-state index contributed by atoms with van der Waals surface area (Å²) in [5.74, 6) is -0.667. The maximum atomic E-state index is 14.3. The molecule has 0 aliphatic heterocycles. The average molecular weight is 518 g/mol. The third kappa shape index (κ3) is 7.37. The molecule has 0 aromatic heterocycles. The molecule has 0 bridgehead atoms. The number of carbonyl (C=O) groups is 2. The van der Waals surface area contributed by atoms with E-state index in [1.807, 2.05) is 12.1 Å². The van der Waals surface area contributed by atoms with Crippen molar-refractivity contribution in [3.05, 3.63) is 83.9 Å². The molecule has 6 heteroatoms. The van der Waals surface area contributed by atoms with Crippen LogP contribution in [0.5, 0.6) is 11.5 Å². The molecule has 38 heavy (non-hydrogen) atoms. The Morgan fingerprint density at radius 2 is 1.16 bits per heavy atom. The molecule has 202 valence electrons. The number of carbonyl (C=O) groups excluding carboxylic acids is 2. The van der Waals surface area contributed by atoms with Crippen molar-refractivity contribution in [2.75, 3.05) is 19.1 Å². The predicted molar refractivity (Wildman–Crippen MR) is 151 cm³/mol. The summed E-state index contributed by atoms with van der Waals surface area (Å²) in [4.78, 5) is 29.3. The summed E-state index contributed by atoms with van der Waals surface area (Å²) in [5.41, 5.74) is 2.54. The molecule has 0 aliphatic rings. The molecule has 6 nitrogen and oxygen atoms in total. The monoisotopic (exact) mass is 517 g/mol. The molecule has 0 aliphatic carbocycles. The van der Waals surface area contributed by atoms with Crippen LogP contribution in [-0.4, -0.2) is 31.7 Å². The maximum Gasteiger partial charge on any atom is 0.319 e. The Kier molecular flexibility index (Phi) is 8.87. The number of rotatable bonds is 8. The Morgan fingerprint density at radius 1 is 0.711 bits per heavy atom. The highest BCUT2D eigenvalue weighted by Crippen LogP contribution is 2.32. The lowest BCUT2D eigenvalue weighted by Crippen LogP contribution is -2.41. The lowest BCUT2D eigenvalue weighted by atomic mass is 9.86. The summed E-state index contributed by atoms with van der Waals surface area (Å²) in [5, 5.41) is 0. The van der Waals surface area contributed by atoms with Crippen LogP contribution in [0.4, 0.5) is 11.4 Å². The van der Waals surface area contributed by atoms with Crippen LogP contribution in [0.25, 0.3) is 0 Å². The summed E-state index contributed by atoms with van der Waals surface area (Å²) in [6.07, 6.45) is 0.209. The van der Waals surface area contributed by atoms with Crippen molar-refractivity contribution in [2.24, 2.45) is 5.92 Å². The second-order valence-electron chi connectivity index (χ2n) is 11.3. The second-order valence-corrected chi connectivity index (χ2v) is 11.3. The highest BCUT2D eigenvalue weighted by Gasteiger charge is 2.36. The lowest BCUT2D eigenvalue weighted by molar-refractivity contribution is -0.161. The molecule has 3 rings (SSSR count). The van der Waals surface area contributed by atoms with Crippen LogP contribution in [0.2, 0.25) is 0 Å². The number of methoxy groups -OCH3 is 2. The number of benzene rings is 3. The van der Waals surface area contributed by atoms with Crippen LogP contribution in [0.3, 0.4) is 0 Å². The van der Waals surface area contributed by atoms with Crippen molar-refractivity contribution in [3.8, 4) is 11.5 Å². The number of hydrogen-bond donors (Lipinski definition) is 0. The predicted octanol–water partition coefficient (Wildman–Crippen LogP) is 6.87. The van der Waals surface area contributed by atoms with E-state index in [0.29, 0.717) is 22.9 Å². The molecule has 0 N–H and O–H groups in total. The minimum Gasteiger partial charge on any atom is -0.497 e. The standard InChI is InChI=1S/C32H39NO5/c1-31(2,3)23-11-9-22(10-12-23)21-28(30(35)38-32(4,5)6)29(34)33(24-13-17-26(36-7)18-14-24)25-15-19-27(37-8)20-16-25/h9-20,28H,21H2,1-8H3/t28-/m1/s1. The van der Waals surface area contributed by atoms with Crippen LogP contribution in [0, 0.1) is 5.92 Å². The molecule has 0 unspecified atom stereocenters. The van der Waals surface area contributed by atoms with E-state index in [2.05, 4.69) is 32.9 Å². The molecule has 1 amide bonds. The highest BCUT2D eigenvalue weighted by molar-refractivity contribution is 6.10. The lowest BCUT2D eigenvalue weighted by Gasteiger charge is -2.29. The van der Waals surface area contributed by atoms with Gasteiger partial charge in [-0.2, -0.15) is 0 Å². The van der Waals surface area contributed by atoms with Gasteiger partial charge in [-0.05, 0) is 92.3 Å². The van der Waals surface area contributed by atoms with E-state index in [1.165, 1.54) is 5.56 Å². The number of esters is 1. The van der Waals surface area contributed by atoms with Crippen LogP contribution >= 0.6 is 0 Å². The van der Waals surface area contributed by atoms with E-state index >= 15 is 0 Å². The molecule has 0 saturated heterocycles. The second kappa shape index (κ2) is 11.7. The molecule has 0 fully saturated rings. The van der Waals surface area contributed by atoms with Gasteiger partial charge in [-0.15, -0.1) is 0 Å². The number of hydrogen-bond acceptors (Lipinski definition) is 5. The SMILES string of the molecule is COc1ccc(N(C(=O)[C@@H](Cc2ccc(C(C)(C)C)cc2)C(=O)OC(C)(C)C)c2ccc(OC)cc2)cc1. The number of anilines is 2. The van der Waals surface area contributed by atoms with Gasteiger partial charge in [0.15, 0.2) is 0 Å². The summed E-state index contributed by atoms with van der Waals surface area (Å²) in [6.45, 7) is 11.9. The first-order valence-corrected chi connectivity index (χ1v) is 12.8. The van der Waals surface area contributed by atoms with Crippen molar-refractivity contribution < 1.29 is 23.8 Å². The quantitative estimate of drug-likeness (QED) is 0.241. The van der Waals surface area contributed by atoms with Gasteiger partial charge in [0.05, 0.1) is 14.2 Å². The fraction of sp³-hybridized carbons (Fsp3) is 0.375. The summed E-state index contributed by atoms with van der Waals surface area (Å²) in [6, 6.07) is 22.4. The molecule has 0 heterocycles. The molecule has 3 aromatic rings. The third-order valence-electron chi connectivity index (χ3n) is 6.13. The van der Waals surface area contributed by atoms with Gasteiger partial charge in [-0.25, -0.2) is 0 Å². The third-order valence-corrected chi connectivity index (χ3v) is 6.13. The van der Waals surface area contributed by atoms with Crippen molar-refractivity contribution in [1.82, 2.24) is 0 Å². The van der Waals surface area contributed by atoms with Gasteiger partial charge in [-0.3, -0.25) is 14.5 Å². The molecule has 1 atom stereocenters. The topological polar surface area (TPSA) is 65.1 Å². The number of nitrogens with zero attached hydrogens (tertiary/aromatic N) is 1. The highest BCUT2D eigenvalue weighted by atomic mass is 16.6. The van der Waals surface area contributed by atoms with Gasteiger partial charge < -0.3 is 14.2 Å². The number of amides is 1. The van der Waals surface area contributed by atoms with E-state index in [9.17, 15) is 9.59 Å². The minimum atomic E-state index is -1.06. The molecule has 3 aromatic carbocycles. The van der Waals surface area contributed by atoms with E-state index in [1.54, 1.807) is 88.4 Å². The van der Waals surface area contributed by atoms with Gasteiger partial charge in [0.2, 0.25) is 5.91 Å². The van der Waals surface area contributed by atoms with Crippen LogP contribution in [-0.2, 0) is 26.2 Å². The zero-order valence-electron chi connectivity index (χ0n) is 23.7. The maximum absolute atomic E-state index is 14.3. The smallest absolute Gasteiger partial charge is 0.319 e. The van der Waals surface area contributed by atoms with E-state index < -0.39 is 17.5 Å².